The molecule has 110 valence electrons. The Morgan fingerprint density at radius 1 is 1.19 bits per heavy atom. The fourth-order valence-electron chi connectivity index (χ4n) is 2.15. The topological polar surface area (TPSA) is 41.0 Å². The Bertz CT molecular complexity index is 595. The van der Waals surface area contributed by atoms with E-state index >= 15 is 0 Å². The van der Waals surface area contributed by atoms with Gasteiger partial charge in [-0.05, 0) is 36.6 Å². The van der Waals surface area contributed by atoms with Gasteiger partial charge in [-0.25, -0.2) is 0 Å². The predicted octanol–water partition coefficient (Wildman–Crippen LogP) is 3.02. The summed E-state index contributed by atoms with van der Waals surface area (Å²) in [6.07, 6.45) is 2.57. The second-order valence-electron chi connectivity index (χ2n) is 5.49. The maximum atomic E-state index is 6.19. The lowest BCUT2D eigenvalue weighted by atomic mass is 10.2. The van der Waals surface area contributed by atoms with Crippen LogP contribution in [-0.4, -0.2) is 23.3 Å². The van der Waals surface area contributed by atoms with E-state index in [0.717, 1.165) is 28.6 Å². The third-order valence-corrected chi connectivity index (χ3v) is 3.98. The van der Waals surface area contributed by atoms with E-state index in [1.165, 1.54) is 12.8 Å². The summed E-state index contributed by atoms with van der Waals surface area (Å²) in [4.78, 5) is 2.05. The Hall–Kier alpha value is -1.65. The number of rotatable bonds is 6. The van der Waals surface area contributed by atoms with Crippen molar-refractivity contribution in [1.29, 1.82) is 0 Å². The van der Waals surface area contributed by atoms with Crippen LogP contribution in [-0.2, 0) is 13.1 Å². The molecule has 1 aromatic carbocycles. The maximum absolute atomic E-state index is 6.19. The molecule has 0 bridgehead atoms. The van der Waals surface area contributed by atoms with Crippen molar-refractivity contribution in [1.82, 2.24) is 15.5 Å². The summed E-state index contributed by atoms with van der Waals surface area (Å²) < 4.78 is 0. The van der Waals surface area contributed by atoms with Gasteiger partial charge in [-0.1, -0.05) is 29.8 Å². The standard InChI is InChI=1S/C16H19ClN4/c1-21(11-12-4-2-3-5-15(12)17)16-9-8-14(19-20-16)10-18-13-6-7-13/h2-5,8-9,13,18H,6-7,10-11H2,1H3. The molecule has 2 aromatic rings. The molecule has 0 amide bonds. The van der Waals surface area contributed by atoms with Crippen LogP contribution in [0.2, 0.25) is 5.02 Å². The molecule has 5 heteroatoms. The van der Waals surface area contributed by atoms with Crippen LogP contribution in [0.4, 0.5) is 5.82 Å². The van der Waals surface area contributed by atoms with E-state index in [9.17, 15) is 0 Å². The van der Waals surface area contributed by atoms with Gasteiger partial charge in [0.1, 0.15) is 0 Å². The highest BCUT2D eigenvalue weighted by Gasteiger charge is 2.20. The van der Waals surface area contributed by atoms with Crippen molar-refractivity contribution in [2.24, 2.45) is 0 Å². The number of nitrogens with one attached hydrogen (secondary N) is 1. The van der Waals surface area contributed by atoms with E-state index in [0.29, 0.717) is 12.6 Å². The van der Waals surface area contributed by atoms with Gasteiger partial charge in [0.05, 0.1) is 5.69 Å². The van der Waals surface area contributed by atoms with E-state index in [-0.39, 0.29) is 0 Å². The van der Waals surface area contributed by atoms with Crippen molar-refractivity contribution in [3.05, 3.63) is 52.7 Å². The summed E-state index contributed by atoms with van der Waals surface area (Å²) in [6.45, 7) is 1.51. The first-order chi connectivity index (χ1) is 10.2. The average molecular weight is 303 g/mol. The summed E-state index contributed by atoms with van der Waals surface area (Å²) in [5.41, 5.74) is 2.07. The van der Waals surface area contributed by atoms with Crippen LogP contribution in [0.25, 0.3) is 0 Å². The number of hydrogen-bond acceptors (Lipinski definition) is 4. The second kappa shape index (κ2) is 6.41. The molecule has 1 fully saturated rings. The summed E-state index contributed by atoms with van der Waals surface area (Å²) in [5, 5.41) is 12.8. The number of halogens is 1. The molecule has 1 aromatic heterocycles. The molecule has 3 rings (SSSR count). The smallest absolute Gasteiger partial charge is 0.151 e. The van der Waals surface area contributed by atoms with Crippen molar-refractivity contribution < 1.29 is 0 Å². The Kier molecular flexibility index (Phi) is 4.36. The average Bonchev–Trinajstić information content (AvgIpc) is 3.32. The SMILES string of the molecule is CN(Cc1ccccc1Cl)c1ccc(CNC2CC2)nn1. The van der Waals surface area contributed by atoms with Crippen LogP contribution in [0.1, 0.15) is 24.1 Å². The van der Waals surface area contributed by atoms with Crippen molar-refractivity contribution >= 4 is 17.4 Å². The predicted molar refractivity (Wildman–Crippen MR) is 85.5 cm³/mol. The first-order valence-corrected chi connectivity index (χ1v) is 7.61. The Morgan fingerprint density at radius 3 is 2.67 bits per heavy atom. The van der Waals surface area contributed by atoms with E-state index < -0.39 is 0 Å². The van der Waals surface area contributed by atoms with Gasteiger partial charge >= 0.3 is 0 Å². The second-order valence-corrected chi connectivity index (χ2v) is 5.89. The molecule has 1 saturated carbocycles. The lowest BCUT2D eigenvalue weighted by Gasteiger charge is -2.18. The summed E-state index contributed by atoms with van der Waals surface area (Å²) in [5.74, 6) is 0.852. The zero-order chi connectivity index (χ0) is 14.7. The molecule has 0 aliphatic heterocycles. The van der Waals surface area contributed by atoms with E-state index in [4.69, 9.17) is 11.6 Å². The van der Waals surface area contributed by atoms with E-state index in [1.807, 2.05) is 48.3 Å². The van der Waals surface area contributed by atoms with Crippen molar-refractivity contribution in [2.45, 2.75) is 32.0 Å². The number of hydrogen-bond donors (Lipinski definition) is 1. The molecule has 0 unspecified atom stereocenters. The largest absolute Gasteiger partial charge is 0.354 e. The van der Waals surface area contributed by atoms with Crippen LogP contribution in [0, 0.1) is 0 Å². The molecule has 1 aliphatic rings. The minimum Gasteiger partial charge on any atom is -0.354 e. The first-order valence-electron chi connectivity index (χ1n) is 7.23. The zero-order valence-corrected chi connectivity index (χ0v) is 12.8. The monoisotopic (exact) mass is 302 g/mol. The van der Waals surface area contributed by atoms with E-state index in [2.05, 4.69) is 15.5 Å². The Labute approximate surface area is 130 Å². The quantitative estimate of drug-likeness (QED) is 0.890. The zero-order valence-electron chi connectivity index (χ0n) is 12.1. The van der Waals surface area contributed by atoms with Gasteiger partial charge in [-0.3, -0.25) is 0 Å². The third-order valence-electron chi connectivity index (χ3n) is 3.61. The molecule has 1 aliphatic carbocycles. The normalized spacial score (nSPS) is 14.2. The highest BCUT2D eigenvalue weighted by Crippen LogP contribution is 2.20. The highest BCUT2D eigenvalue weighted by molar-refractivity contribution is 6.31. The molecule has 1 heterocycles. The number of aromatic nitrogens is 2. The van der Waals surface area contributed by atoms with Gasteiger partial charge in [0.25, 0.3) is 0 Å². The third kappa shape index (κ3) is 3.93. The molecule has 0 radical (unpaired) electrons. The highest BCUT2D eigenvalue weighted by atomic mass is 35.5. The van der Waals surface area contributed by atoms with Crippen LogP contribution in [0.15, 0.2) is 36.4 Å². The first kappa shape index (κ1) is 14.3. The molecular formula is C16H19ClN4. The van der Waals surface area contributed by atoms with Crippen LogP contribution in [0.5, 0.6) is 0 Å². The van der Waals surface area contributed by atoms with Gasteiger partial charge < -0.3 is 10.2 Å². The summed E-state index contributed by atoms with van der Waals surface area (Å²) in [7, 11) is 2.00. The molecule has 1 N–H and O–H groups in total. The Morgan fingerprint density at radius 2 is 2.00 bits per heavy atom. The maximum Gasteiger partial charge on any atom is 0.151 e. The summed E-state index contributed by atoms with van der Waals surface area (Å²) in [6, 6.07) is 12.6. The fourth-order valence-corrected chi connectivity index (χ4v) is 2.35. The molecular weight excluding hydrogens is 284 g/mol. The van der Waals surface area contributed by atoms with Gasteiger partial charge in [0.2, 0.25) is 0 Å². The van der Waals surface area contributed by atoms with Crippen LogP contribution in [0.3, 0.4) is 0 Å². The molecule has 21 heavy (non-hydrogen) atoms. The van der Waals surface area contributed by atoms with Crippen molar-refractivity contribution in [2.75, 3.05) is 11.9 Å². The molecule has 4 nitrogen and oxygen atoms in total. The number of benzene rings is 1. The van der Waals surface area contributed by atoms with Crippen LogP contribution < -0.4 is 10.2 Å². The molecule has 0 atom stereocenters. The minimum atomic E-state index is 0.689. The van der Waals surface area contributed by atoms with Crippen LogP contribution >= 0.6 is 11.6 Å². The lowest BCUT2D eigenvalue weighted by molar-refractivity contribution is 0.664. The number of nitrogens with zero attached hydrogens (tertiary/aromatic N) is 3. The van der Waals surface area contributed by atoms with Crippen molar-refractivity contribution in [3.63, 3.8) is 0 Å². The molecule has 0 saturated heterocycles. The van der Waals surface area contributed by atoms with Gasteiger partial charge in [0, 0.05) is 31.2 Å². The van der Waals surface area contributed by atoms with E-state index in [1.54, 1.807) is 0 Å². The van der Waals surface area contributed by atoms with Crippen molar-refractivity contribution in [3.8, 4) is 0 Å². The van der Waals surface area contributed by atoms with Gasteiger partial charge in [-0.15, -0.1) is 5.10 Å². The minimum absolute atomic E-state index is 0.689. The fraction of sp³-hybridized carbons (Fsp3) is 0.375. The molecule has 0 spiro atoms. The van der Waals surface area contributed by atoms with Gasteiger partial charge in [0.15, 0.2) is 5.82 Å². The lowest BCUT2D eigenvalue weighted by Crippen LogP contribution is -2.20. The number of anilines is 1. The van der Waals surface area contributed by atoms with Gasteiger partial charge in [-0.2, -0.15) is 5.10 Å². The summed E-state index contributed by atoms with van der Waals surface area (Å²) >= 11 is 6.19. The Balaban J connectivity index is 1.61.